The molecule has 1 heterocycles. The van der Waals surface area contributed by atoms with Gasteiger partial charge in [-0.1, -0.05) is 24.3 Å². The smallest absolute Gasteiger partial charge is 0.0233 e. The number of nitrogens with zero attached hydrogens (tertiary/aromatic N) is 1. The third-order valence-corrected chi connectivity index (χ3v) is 2.90. The third kappa shape index (κ3) is 1.73. The van der Waals surface area contributed by atoms with E-state index in [1.54, 1.807) is 0 Å². The van der Waals surface area contributed by atoms with Crippen LogP contribution in [0.25, 0.3) is 5.57 Å². The summed E-state index contributed by atoms with van der Waals surface area (Å²) in [6, 6.07) is 6.73. The number of rotatable bonds is 1. The van der Waals surface area contributed by atoms with Gasteiger partial charge in [0, 0.05) is 13.1 Å². The van der Waals surface area contributed by atoms with Crippen molar-refractivity contribution in [2.45, 2.75) is 19.9 Å². The number of hydrogen-bond donors (Lipinski definition) is 0. The van der Waals surface area contributed by atoms with Crippen LogP contribution < -0.4 is 0 Å². The standard InChI is InChI=1S/C13H17N/c1-10(2)12-5-4-11-6-7-14(3)9-13(11)8-12/h4-5,8H,1,6-7,9H2,2-3H3. The van der Waals surface area contributed by atoms with E-state index in [0.717, 1.165) is 12.1 Å². The maximum atomic E-state index is 3.98. The summed E-state index contributed by atoms with van der Waals surface area (Å²) in [6.07, 6.45) is 1.18. The predicted molar refractivity (Wildman–Crippen MR) is 61.2 cm³/mol. The second-order valence-electron chi connectivity index (χ2n) is 4.25. The molecule has 0 saturated heterocycles. The molecule has 74 valence electrons. The van der Waals surface area contributed by atoms with E-state index in [-0.39, 0.29) is 0 Å². The molecule has 1 aliphatic heterocycles. The molecule has 0 aromatic heterocycles. The van der Waals surface area contributed by atoms with Crippen molar-refractivity contribution in [2.75, 3.05) is 13.6 Å². The van der Waals surface area contributed by atoms with E-state index in [4.69, 9.17) is 0 Å². The lowest BCUT2D eigenvalue weighted by atomic mass is 9.96. The van der Waals surface area contributed by atoms with E-state index >= 15 is 0 Å². The summed E-state index contributed by atoms with van der Waals surface area (Å²) in [7, 11) is 2.18. The molecule has 1 nitrogen and oxygen atoms in total. The number of likely N-dealkylation sites (N-methyl/N-ethyl adjacent to an activating group) is 1. The Morgan fingerprint density at radius 1 is 1.36 bits per heavy atom. The monoisotopic (exact) mass is 187 g/mol. The summed E-state index contributed by atoms with van der Waals surface area (Å²) in [5.74, 6) is 0. The molecular formula is C13H17N. The molecule has 1 aliphatic rings. The van der Waals surface area contributed by atoms with Crippen molar-refractivity contribution < 1.29 is 0 Å². The van der Waals surface area contributed by atoms with Gasteiger partial charge >= 0.3 is 0 Å². The number of benzene rings is 1. The summed E-state index contributed by atoms with van der Waals surface area (Å²) in [5.41, 5.74) is 5.41. The van der Waals surface area contributed by atoms with Crippen LogP contribution in [-0.2, 0) is 13.0 Å². The number of fused-ring (bicyclic) bond motifs is 1. The molecule has 0 amide bonds. The van der Waals surface area contributed by atoms with Crippen LogP contribution in [0.2, 0.25) is 0 Å². The molecule has 0 saturated carbocycles. The van der Waals surface area contributed by atoms with Crippen LogP contribution in [0.4, 0.5) is 0 Å². The molecule has 0 radical (unpaired) electrons. The minimum atomic E-state index is 1.08. The van der Waals surface area contributed by atoms with Gasteiger partial charge in [-0.25, -0.2) is 0 Å². The van der Waals surface area contributed by atoms with Gasteiger partial charge in [-0.3, -0.25) is 0 Å². The quantitative estimate of drug-likeness (QED) is 0.653. The molecule has 0 aliphatic carbocycles. The van der Waals surface area contributed by atoms with Crippen molar-refractivity contribution in [2.24, 2.45) is 0 Å². The second-order valence-corrected chi connectivity index (χ2v) is 4.25. The summed E-state index contributed by atoms with van der Waals surface area (Å²) >= 11 is 0. The van der Waals surface area contributed by atoms with E-state index in [1.165, 1.54) is 29.7 Å². The molecule has 2 rings (SSSR count). The van der Waals surface area contributed by atoms with E-state index in [9.17, 15) is 0 Å². The lowest BCUT2D eigenvalue weighted by molar-refractivity contribution is 0.313. The first-order valence-electron chi connectivity index (χ1n) is 5.13. The first kappa shape index (κ1) is 9.47. The van der Waals surface area contributed by atoms with Gasteiger partial charge < -0.3 is 4.90 Å². The first-order chi connectivity index (χ1) is 6.66. The van der Waals surface area contributed by atoms with Crippen molar-refractivity contribution in [3.63, 3.8) is 0 Å². The van der Waals surface area contributed by atoms with Crippen molar-refractivity contribution in [1.29, 1.82) is 0 Å². The van der Waals surface area contributed by atoms with Gasteiger partial charge in [-0.05, 0) is 43.1 Å². The minimum Gasteiger partial charge on any atom is -0.302 e. The maximum absolute atomic E-state index is 3.98. The Morgan fingerprint density at radius 3 is 2.86 bits per heavy atom. The Labute approximate surface area is 86.1 Å². The van der Waals surface area contributed by atoms with Gasteiger partial charge in [0.1, 0.15) is 0 Å². The predicted octanol–water partition coefficient (Wildman–Crippen LogP) is 2.71. The number of allylic oxidation sites excluding steroid dienone is 1. The maximum Gasteiger partial charge on any atom is 0.0233 e. The van der Waals surface area contributed by atoms with Gasteiger partial charge in [-0.15, -0.1) is 0 Å². The Morgan fingerprint density at radius 2 is 2.14 bits per heavy atom. The molecule has 1 aromatic carbocycles. The normalized spacial score (nSPS) is 16.4. The van der Waals surface area contributed by atoms with Crippen LogP contribution >= 0.6 is 0 Å². The van der Waals surface area contributed by atoms with E-state index < -0.39 is 0 Å². The molecule has 0 unspecified atom stereocenters. The van der Waals surface area contributed by atoms with E-state index in [1.807, 2.05) is 0 Å². The first-order valence-corrected chi connectivity index (χ1v) is 5.13. The molecule has 14 heavy (non-hydrogen) atoms. The van der Waals surface area contributed by atoms with Gasteiger partial charge in [-0.2, -0.15) is 0 Å². The average molecular weight is 187 g/mol. The zero-order chi connectivity index (χ0) is 10.1. The Balaban J connectivity index is 2.37. The highest BCUT2D eigenvalue weighted by molar-refractivity contribution is 5.62. The molecule has 0 N–H and O–H groups in total. The third-order valence-electron chi connectivity index (χ3n) is 2.90. The summed E-state index contributed by atoms with van der Waals surface area (Å²) < 4.78 is 0. The second kappa shape index (κ2) is 3.58. The van der Waals surface area contributed by atoms with Crippen LogP contribution in [-0.4, -0.2) is 18.5 Å². The number of hydrogen-bond acceptors (Lipinski definition) is 1. The Kier molecular flexibility index (Phi) is 2.42. The lowest BCUT2D eigenvalue weighted by Gasteiger charge is -2.25. The summed E-state index contributed by atoms with van der Waals surface area (Å²) in [5, 5.41) is 0. The Hall–Kier alpha value is -1.08. The summed E-state index contributed by atoms with van der Waals surface area (Å²) in [6.45, 7) is 8.30. The Bertz CT molecular complexity index is 365. The highest BCUT2D eigenvalue weighted by Crippen LogP contribution is 2.22. The highest BCUT2D eigenvalue weighted by Gasteiger charge is 2.12. The van der Waals surface area contributed by atoms with Crippen molar-refractivity contribution in [3.8, 4) is 0 Å². The van der Waals surface area contributed by atoms with Crippen LogP contribution in [0.1, 0.15) is 23.6 Å². The van der Waals surface area contributed by atoms with Gasteiger partial charge in [0.05, 0.1) is 0 Å². The molecule has 1 heteroatoms. The topological polar surface area (TPSA) is 3.24 Å². The van der Waals surface area contributed by atoms with Crippen molar-refractivity contribution in [3.05, 3.63) is 41.5 Å². The molecule has 0 spiro atoms. The molecule has 0 fully saturated rings. The fourth-order valence-electron chi connectivity index (χ4n) is 1.96. The van der Waals surface area contributed by atoms with Gasteiger partial charge in [0.15, 0.2) is 0 Å². The molecular weight excluding hydrogens is 170 g/mol. The fourth-order valence-corrected chi connectivity index (χ4v) is 1.96. The van der Waals surface area contributed by atoms with Crippen molar-refractivity contribution >= 4 is 5.57 Å². The fraction of sp³-hybridized carbons (Fsp3) is 0.385. The molecule has 1 aromatic rings. The minimum absolute atomic E-state index is 1.08. The zero-order valence-corrected chi connectivity index (χ0v) is 9.01. The average Bonchev–Trinajstić information content (AvgIpc) is 2.16. The highest BCUT2D eigenvalue weighted by atomic mass is 15.1. The van der Waals surface area contributed by atoms with Crippen LogP contribution in [0.5, 0.6) is 0 Å². The largest absolute Gasteiger partial charge is 0.302 e. The SMILES string of the molecule is C=C(C)c1ccc2c(c1)CN(C)CC2. The van der Waals surface area contributed by atoms with Crippen LogP contribution in [0.3, 0.4) is 0 Å². The van der Waals surface area contributed by atoms with E-state index in [2.05, 4.69) is 43.6 Å². The summed E-state index contributed by atoms with van der Waals surface area (Å²) in [4.78, 5) is 2.37. The van der Waals surface area contributed by atoms with Gasteiger partial charge in [0.2, 0.25) is 0 Å². The van der Waals surface area contributed by atoms with Crippen molar-refractivity contribution in [1.82, 2.24) is 4.90 Å². The molecule has 0 bridgehead atoms. The molecule has 0 atom stereocenters. The zero-order valence-electron chi connectivity index (χ0n) is 9.01. The lowest BCUT2D eigenvalue weighted by Crippen LogP contribution is -2.26. The van der Waals surface area contributed by atoms with Gasteiger partial charge in [0.25, 0.3) is 0 Å². The van der Waals surface area contributed by atoms with E-state index in [0.29, 0.717) is 0 Å². The van der Waals surface area contributed by atoms with Crippen LogP contribution in [0.15, 0.2) is 24.8 Å². The van der Waals surface area contributed by atoms with Crippen LogP contribution in [0, 0.1) is 0 Å².